The van der Waals surface area contributed by atoms with Gasteiger partial charge >= 0.3 is 0 Å². The van der Waals surface area contributed by atoms with Crippen LogP contribution >= 0.6 is 15.9 Å². The molecule has 0 N–H and O–H groups in total. The molecule has 2 heteroatoms. The van der Waals surface area contributed by atoms with Crippen LogP contribution in [-0.4, -0.2) is 0 Å². The van der Waals surface area contributed by atoms with E-state index in [2.05, 4.69) is 63.2 Å². The first-order chi connectivity index (χ1) is 8.83. The molecule has 2 aromatic rings. The van der Waals surface area contributed by atoms with E-state index in [1.54, 1.807) is 5.56 Å². The summed E-state index contributed by atoms with van der Waals surface area (Å²) in [5.41, 5.74) is 4.42. The molecular formula is C16H17BrN+. The Balaban J connectivity index is 1.87. The molecule has 0 radical (unpaired) electrons. The largest absolute Gasteiger partial charge is 0.200 e. The summed E-state index contributed by atoms with van der Waals surface area (Å²) in [6.07, 6.45) is 9.72. The molecule has 1 aliphatic carbocycles. The molecule has 1 aromatic carbocycles. The Kier molecular flexibility index (Phi) is 3.46. The molecule has 3 rings (SSSR count). The van der Waals surface area contributed by atoms with E-state index in [-0.39, 0.29) is 0 Å². The van der Waals surface area contributed by atoms with Crippen molar-refractivity contribution in [3.8, 4) is 0 Å². The Bertz CT molecular complexity index is 563. The molecule has 0 fully saturated rings. The van der Waals surface area contributed by atoms with E-state index < -0.39 is 0 Å². The van der Waals surface area contributed by atoms with Crippen LogP contribution < -0.4 is 4.57 Å². The van der Waals surface area contributed by atoms with Gasteiger partial charge in [0.15, 0.2) is 18.9 Å². The summed E-state index contributed by atoms with van der Waals surface area (Å²) in [6.45, 7) is 0.939. The van der Waals surface area contributed by atoms with Crippen molar-refractivity contribution in [2.45, 2.75) is 32.2 Å². The van der Waals surface area contributed by atoms with Crippen LogP contribution in [0.25, 0.3) is 0 Å². The molecule has 0 amide bonds. The summed E-state index contributed by atoms with van der Waals surface area (Å²) in [5.74, 6) is 0. The maximum Gasteiger partial charge on any atom is 0.174 e. The molecular weight excluding hydrogens is 286 g/mol. The van der Waals surface area contributed by atoms with Gasteiger partial charge in [-0.2, -0.15) is 0 Å². The van der Waals surface area contributed by atoms with Gasteiger partial charge in [0, 0.05) is 21.7 Å². The van der Waals surface area contributed by atoms with Crippen molar-refractivity contribution in [1.82, 2.24) is 0 Å². The summed E-state index contributed by atoms with van der Waals surface area (Å²) >= 11 is 3.62. The van der Waals surface area contributed by atoms with E-state index in [9.17, 15) is 0 Å². The second-order valence-corrected chi connectivity index (χ2v) is 5.82. The van der Waals surface area contributed by atoms with Crippen molar-refractivity contribution < 1.29 is 4.57 Å². The Morgan fingerprint density at radius 3 is 2.61 bits per heavy atom. The fourth-order valence-corrected chi connectivity index (χ4v) is 3.05. The van der Waals surface area contributed by atoms with Gasteiger partial charge in [0.2, 0.25) is 0 Å². The Morgan fingerprint density at radius 1 is 1.00 bits per heavy atom. The van der Waals surface area contributed by atoms with Gasteiger partial charge in [-0.05, 0) is 37.3 Å². The molecule has 0 bridgehead atoms. The van der Waals surface area contributed by atoms with Gasteiger partial charge in [-0.25, -0.2) is 4.57 Å². The van der Waals surface area contributed by atoms with Gasteiger partial charge in [-0.1, -0.05) is 34.1 Å². The number of nitrogens with zero attached hydrogens (tertiary/aromatic N) is 1. The summed E-state index contributed by atoms with van der Waals surface area (Å²) in [7, 11) is 0. The minimum atomic E-state index is 0.939. The Hall–Kier alpha value is -1.15. The lowest BCUT2D eigenvalue weighted by atomic mass is 9.93. The van der Waals surface area contributed by atoms with Gasteiger partial charge in [-0.3, -0.25) is 0 Å². The highest BCUT2D eigenvalue weighted by molar-refractivity contribution is 9.10. The molecule has 0 spiro atoms. The van der Waals surface area contributed by atoms with Crippen molar-refractivity contribution in [3.05, 3.63) is 63.9 Å². The first-order valence-electron chi connectivity index (χ1n) is 6.57. The fraction of sp³-hybridized carbons (Fsp3) is 0.312. The van der Waals surface area contributed by atoms with E-state index in [0.29, 0.717) is 0 Å². The number of aryl methyl sites for hydroxylation is 2. The van der Waals surface area contributed by atoms with Crippen molar-refractivity contribution in [2.24, 2.45) is 0 Å². The van der Waals surface area contributed by atoms with E-state index in [4.69, 9.17) is 0 Å². The molecule has 1 aliphatic rings. The molecule has 0 saturated carbocycles. The van der Waals surface area contributed by atoms with Crippen LogP contribution in [0.5, 0.6) is 0 Å². The number of pyridine rings is 1. The lowest BCUT2D eigenvalue weighted by molar-refractivity contribution is -0.688. The van der Waals surface area contributed by atoms with E-state index in [1.165, 1.54) is 41.3 Å². The smallest absolute Gasteiger partial charge is 0.174 e. The first kappa shape index (κ1) is 11.9. The van der Waals surface area contributed by atoms with Crippen LogP contribution in [0.1, 0.15) is 29.5 Å². The first-order valence-corrected chi connectivity index (χ1v) is 7.36. The van der Waals surface area contributed by atoms with Gasteiger partial charge in [0.1, 0.15) is 0 Å². The van der Waals surface area contributed by atoms with Crippen molar-refractivity contribution >= 4 is 15.9 Å². The molecule has 92 valence electrons. The number of halogens is 1. The number of hydrogen-bond donors (Lipinski definition) is 0. The molecule has 1 aromatic heterocycles. The van der Waals surface area contributed by atoms with Gasteiger partial charge < -0.3 is 0 Å². The summed E-state index contributed by atoms with van der Waals surface area (Å²) in [6, 6.07) is 10.7. The van der Waals surface area contributed by atoms with Crippen LogP contribution in [0, 0.1) is 0 Å². The van der Waals surface area contributed by atoms with E-state index >= 15 is 0 Å². The van der Waals surface area contributed by atoms with Crippen LogP contribution in [0.15, 0.2) is 47.2 Å². The van der Waals surface area contributed by atoms with Crippen molar-refractivity contribution in [3.63, 3.8) is 0 Å². The topological polar surface area (TPSA) is 3.88 Å². The Labute approximate surface area is 117 Å². The molecule has 1 heterocycles. The van der Waals surface area contributed by atoms with E-state index in [0.717, 1.165) is 6.54 Å². The third-order valence-electron chi connectivity index (χ3n) is 3.65. The quantitative estimate of drug-likeness (QED) is 0.745. The number of fused-ring (bicyclic) bond motifs is 1. The highest BCUT2D eigenvalue weighted by atomic mass is 79.9. The summed E-state index contributed by atoms with van der Waals surface area (Å²) in [4.78, 5) is 0. The molecule has 1 nitrogen and oxygen atoms in total. The third-order valence-corrected chi connectivity index (χ3v) is 4.43. The van der Waals surface area contributed by atoms with Gasteiger partial charge in [0.05, 0.1) is 0 Å². The second-order valence-electron chi connectivity index (χ2n) is 4.97. The van der Waals surface area contributed by atoms with Crippen LogP contribution in [0.2, 0.25) is 0 Å². The predicted molar refractivity (Wildman–Crippen MR) is 76.5 cm³/mol. The fourth-order valence-electron chi connectivity index (χ4n) is 2.64. The van der Waals surface area contributed by atoms with Crippen LogP contribution in [-0.2, 0) is 19.4 Å². The molecule has 0 unspecified atom stereocenters. The maximum atomic E-state index is 3.62. The number of rotatable bonds is 2. The zero-order valence-electron chi connectivity index (χ0n) is 10.4. The standard InChI is InChI=1S/C16H17BrN/c17-16-8-4-3-7-15(16)12-18-10-9-13-5-1-2-6-14(13)11-18/h3-4,7-11H,1-2,5-6,12H2/q+1. The number of hydrogen-bond acceptors (Lipinski definition) is 0. The highest BCUT2D eigenvalue weighted by Gasteiger charge is 2.14. The highest BCUT2D eigenvalue weighted by Crippen LogP contribution is 2.19. The van der Waals surface area contributed by atoms with E-state index in [1.807, 2.05) is 0 Å². The van der Waals surface area contributed by atoms with Crippen molar-refractivity contribution in [1.29, 1.82) is 0 Å². The maximum absolute atomic E-state index is 3.62. The van der Waals surface area contributed by atoms with Gasteiger partial charge in [0.25, 0.3) is 0 Å². The lowest BCUT2D eigenvalue weighted by Gasteiger charge is -2.13. The lowest BCUT2D eigenvalue weighted by Crippen LogP contribution is -2.35. The molecule has 0 aliphatic heterocycles. The Morgan fingerprint density at radius 2 is 1.78 bits per heavy atom. The number of aromatic nitrogens is 1. The normalized spacial score (nSPS) is 14.3. The van der Waals surface area contributed by atoms with Crippen LogP contribution in [0.4, 0.5) is 0 Å². The average molecular weight is 303 g/mol. The van der Waals surface area contributed by atoms with Crippen molar-refractivity contribution in [2.75, 3.05) is 0 Å². The zero-order valence-corrected chi connectivity index (χ0v) is 12.0. The third kappa shape index (κ3) is 2.49. The molecule has 18 heavy (non-hydrogen) atoms. The number of benzene rings is 1. The van der Waals surface area contributed by atoms with Crippen LogP contribution in [0.3, 0.4) is 0 Å². The minimum absolute atomic E-state index is 0.939. The predicted octanol–water partition coefficient (Wildman–Crippen LogP) is 3.66. The monoisotopic (exact) mass is 302 g/mol. The summed E-state index contributed by atoms with van der Waals surface area (Å²) in [5, 5.41) is 0. The summed E-state index contributed by atoms with van der Waals surface area (Å²) < 4.78 is 3.49. The molecule has 0 atom stereocenters. The SMILES string of the molecule is Brc1ccccc1C[n+]1ccc2c(c1)CCCC2. The zero-order chi connectivity index (χ0) is 12.4. The minimum Gasteiger partial charge on any atom is -0.200 e. The second kappa shape index (κ2) is 5.23. The molecule has 0 saturated heterocycles. The van der Waals surface area contributed by atoms with Gasteiger partial charge in [-0.15, -0.1) is 0 Å². The average Bonchev–Trinajstić information content (AvgIpc) is 2.41.